The van der Waals surface area contributed by atoms with Crippen molar-refractivity contribution in [2.45, 2.75) is 0 Å². The molecule has 2 rings (SSSR count). The van der Waals surface area contributed by atoms with Crippen molar-refractivity contribution in [3.63, 3.8) is 0 Å². The van der Waals surface area contributed by atoms with Crippen LogP contribution in [0.1, 0.15) is 15.9 Å². The molecule has 5 heteroatoms. The molecular weight excluding hydrogens is 344 g/mol. The van der Waals surface area contributed by atoms with Crippen LogP contribution in [0.25, 0.3) is 6.08 Å². The van der Waals surface area contributed by atoms with E-state index in [1.54, 1.807) is 24.3 Å². The van der Waals surface area contributed by atoms with Crippen LogP contribution in [0.2, 0.25) is 5.02 Å². The Kier molecular flexibility index (Phi) is 4.47. The lowest BCUT2D eigenvalue weighted by Crippen LogP contribution is -1.93. The summed E-state index contributed by atoms with van der Waals surface area (Å²) in [7, 11) is 0. The van der Waals surface area contributed by atoms with Crippen molar-refractivity contribution in [1.82, 2.24) is 0 Å². The number of hydrogen-bond donors (Lipinski definition) is 2. The number of ketones is 1. The molecule has 0 saturated heterocycles. The molecule has 0 bridgehead atoms. The SMILES string of the molecule is O=C(/C=C/c1cc(O)c(O)c(Cl)c1)c1ccc(Br)cc1. The zero-order valence-electron chi connectivity index (χ0n) is 10.2. The molecule has 102 valence electrons. The highest BCUT2D eigenvalue weighted by atomic mass is 79.9. The fourth-order valence-electron chi connectivity index (χ4n) is 1.58. The van der Waals surface area contributed by atoms with Crippen LogP contribution in [-0.2, 0) is 0 Å². The Bertz CT molecular complexity index is 655. The molecule has 3 nitrogen and oxygen atoms in total. The molecule has 0 aliphatic rings. The van der Waals surface area contributed by atoms with Gasteiger partial charge < -0.3 is 10.2 Å². The van der Waals surface area contributed by atoms with Gasteiger partial charge in [-0.1, -0.05) is 33.6 Å². The normalized spacial score (nSPS) is 10.9. The molecule has 0 aromatic heterocycles. The second-order valence-corrected chi connectivity index (χ2v) is 5.40. The Morgan fingerprint density at radius 2 is 1.80 bits per heavy atom. The number of aromatic hydroxyl groups is 2. The van der Waals surface area contributed by atoms with Gasteiger partial charge in [0.2, 0.25) is 0 Å². The quantitative estimate of drug-likeness (QED) is 0.488. The molecule has 0 amide bonds. The molecule has 0 heterocycles. The van der Waals surface area contributed by atoms with E-state index in [1.807, 2.05) is 0 Å². The number of carbonyl (C=O) groups is 1. The second-order valence-electron chi connectivity index (χ2n) is 4.07. The van der Waals surface area contributed by atoms with Crippen molar-refractivity contribution < 1.29 is 15.0 Å². The summed E-state index contributed by atoms with van der Waals surface area (Å²) < 4.78 is 0.897. The lowest BCUT2D eigenvalue weighted by atomic mass is 10.1. The van der Waals surface area contributed by atoms with E-state index < -0.39 is 0 Å². The Labute approximate surface area is 129 Å². The van der Waals surface area contributed by atoms with Gasteiger partial charge in [0, 0.05) is 10.0 Å². The highest BCUT2D eigenvalue weighted by Crippen LogP contribution is 2.34. The zero-order valence-corrected chi connectivity index (χ0v) is 12.5. The molecule has 0 fully saturated rings. The largest absolute Gasteiger partial charge is 0.504 e. The minimum absolute atomic E-state index is 0.0285. The highest BCUT2D eigenvalue weighted by molar-refractivity contribution is 9.10. The number of phenols is 2. The summed E-state index contributed by atoms with van der Waals surface area (Å²) in [6.45, 7) is 0. The van der Waals surface area contributed by atoms with Gasteiger partial charge in [-0.3, -0.25) is 4.79 Å². The van der Waals surface area contributed by atoms with Crippen LogP contribution in [0.3, 0.4) is 0 Å². The van der Waals surface area contributed by atoms with Crippen molar-refractivity contribution in [3.8, 4) is 11.5 Å². The van der Waals surface area contributed by atoms with E-state index in [1.165, 1.54) is 24.3 Å². The molecule has 2 aromatic carbocycles. The number of rotatable bonds is 3. The van der Waals surface area contributed by atoms with Crippen molar-refractivity contribution in [3.05, 3.63) is 63.1 Å². The number of halogens is 2. The first-order valence-corrected chi connectivity index (χ1v) is 6.84. The van der Waals surface area contributed by atoms with Crippen LogP contribution in [0.15, 0.2) is 46.9 Å². The van der Waals surface area contributed by atoms with Gasteiger partial charge in [-0.05, 0) is 48.0 Å². The Balaban J connectivity index is 2.21. The van der Waals surface area contributed by atoms with Gasteiger partial charge in [0.25, 0.3) is 0 Å². The molecule has 2 N–H and O–H groups in total. The van der Waals surface area contributed by atoms with Crippen LogP contribution in [0.5, 0.6) is 11.5 Å². The standard InChI is InChI=1S/C15H10BrClO3/c16-11-4-2-10(3-5-11)13(18)6-1-9-7-12(17)15(20)14(19)8-9/h1-8,19-20H/b6-1+. The van der Waals surface area contributed by atoms with Gasteiger partial charge >= 0.3 is 0 Å². The van der Waals surface area contributed by atoms with E-state index in [0.717, 1.165) is 4.47 Å². The van der Waals surface area contributed by atoms with E-state index in [4.69, 9.17) is 11.6 Å². The molecule has 0 aliphatic heterocycles. The minimum Gasteiger partial charge on any atom is -0.504 e. The third-order valence-corrected chi connectivity index (χ3v) is 3.44. The number of allylic oxidation sites excluding steroid dienone is 1. The number of phenolic OH excluding ortho intramolecular Hbond substituents is 2. The summed E-state index contributed by atoms with van der Waals surface area (Å²) in [4.78, 5) is 11.9. The molecule has 0 radical (unpaired) electrons. The van der Waals surface area contributed by atoms with Gasteiger partial charge in [0.15, 0.2) is 17.3 Å². The topological polar surface area (TPSA) is 57.5 Å². The number of benzene rings is 2. The van der Waals surface area contributed by atoms with Gasteiger partial charge in [-0.15, -0.1) is 0 Å². The zero-order chi connectivity index (χ0) is 14.7. The predicted octanol–water partition coefficient (Wildman–Crippen LogP) is 4.41. The van der Waals surface area contributed by atoms with Crippen LogP contribution in [0.4, 0.5) is 0 Å². The summed E-state index contributed by atoms with van der Waals surface area (Å²) >= 11 is 9.03. The summed E-state index contributed by atoms with van der Waals surface area (Å²) in [5.41, 5.74) is 1.08. The van der Waals surface area contributed by atoms with Crippen molar-refractivity contribution >= 4 is 39.4 Å². The maximum absolute atomic E-state index is 11.9. The molecule has 2 aromatic rings. The lowest BCUT2D eigenvalue weighted by molar-refractivity contribution is 0.104. The summed E-state index contributed by atoms with van der Waals surface area (Å²) in [5.74, 6) is -0.863. The van der Waals surface area contributed by atoms with Crippen molar-refractivity contribution in [2.75, 3.05) is 0 Å². The van der Waals surface area contributed by atoms with Crippen LogP contribution in [-0.4, -0.2) is 16.0 Å². The fourth-order valence-corrected chi connectivity index (χ4v) is 2.07. The highest BCUT2D eigenvalue weighted by Gasteiger charge is 2.06. The predicted molar refractivity (Wildman–Crippen MR) is 82.3 cm³/mol. The van der Waals surface area contributed by atoms with Crippen LogP contribution >= 0.6 is 27.5 Å². The molecular formula is C15H10BrClO3. The minimum atomic E-state index is -0.372. The smallest absolute Gasteiger partial charge is 0.185 e. The molecule has 0 saturated carbocycles. The molecule has 20 heavy (non-hydrogen) atoms. The van der Waals surface area contributed by atoms with Crippen LogP contribution < -0.4 is 0 Å². The fraction of sp³-hybridized carbons (Fsp3) is 0. The van der Waals surface area contributed by atoms with Crippen LogP contribution in [0, 0.1) is 0 Å². The Morgan fingerprint density at radius 1 is 1.15 bits per heavy atom. The number of carbonyl (C=O) groups excluding carboxylic acids is 1. The second kappa shape index (κ2) is 6.11. The third kappa shape index (κ3) is 3.40. The van der Waals surface area contributed by atoms with E-state index >= 15 is 0 Å². The van der Waals surface area contributed by atoms with Gasteiger partial charge in [-0.2, -0.15) is 0 Å². The number of hydrogen-bond acceptors (Lipinski definition) is 3. The molecule has 0 aliphatic carbocycles. The van der Waals surface area contributed by atoms with E-state index in [0.29, 0.717) is 11.1 Å². The van der Waals surface area contributed by atoms with Gasteiger partial charge in [-0.25, -0.2) is 0 Å². The molecule has 0 spiro atoms. The maximum atomic E-state index is 11.9. The third-order valence-electron chi connectivity index (χ3n) is 2.62. The maximum Gasteiger partial charge on any atom is 0.185 e. The monoisotopic (exact) mass is 352 g/mol. The average Bonchev–Trinajstić information content (AvgIpc) is 2.42. The summed E-state index contributed by atoms with van der Waals surface area (Å²) in [6.07, 6.45) is 2.90. The lowest BCUT2D eigenvalue weighted by Gasteiger charge is -2.02. The first-order chi connectivity index (χ1) is 9.47. The van der Waals surface area contributed by atoms with Gasteiger partial charge in [0.1, 0.15) is 0 Å². The summed E-state index contributed by atoms with van der Waals surface area (Å²) in [5, 5.41) is 18.8. The summed E-state index contributed by atoms with van der Waals surface area (Å²) in [6, 6.07) is 9.76. The van der Waals surface area contributed by atoms with Crippen molar-refractivity contribution in [2.24, 2.45) is 0 Å². The first-order valence-electron chi connectivity index (χ1n) is 5.67. The average molecular weight is 354 g/mol. The van der Waals surface area contributed by atoms with Gasteiger partial charge in [0.05, 0.1) is 5.02 Å². The Morgan fingerprint density at radius 3 is 2.40 bits per heavy atom. The molecule has 0 unspecified atom stereocenters. The van der Waals surface area contributed by atoms with E-state index in [2.05, 4.69) is 15.9 Å². The molecule has 0 atom stereocenters. The first kappa shape index (κ1) is 14.6. The van der Waals surface area contributed by atoms with E-state index in [9.17, 15) is 15.0 Å². The Hall–Kier alpha value is -1.78. The van der Waals surface area contributed by atoms with Crippen molar-refractivity contribution in [1.29, 1.82) is 0 Å². The van der Waals surface area contributed by atoms with E-state index in [-0.39, 0.29) is 22.3 Å².